The number of carboxylic acids is 1. The second-order valence-electron chi connectivity index (χ2n) is 3.21. The van der Waals surface area contributed by atoms with Crippen molar-refractivity contribution in [1.82, 2.24) is 25.1 Å². The lowest BCUT2D eigenvalue weighted by molar-refractivity contribution is -0.137. The number of rotatable bonds is 6. The maximum Gasteiger partial charge on any atom is 0.304 e. The molecule has 0 bridgehead atoms. The minimum absolute atomic E-state index is 0.133. The van der Waals surface area contributed by atoms with Crippen LogP contribution in [0.3, 0.4) is 0 Å². The highest BCUT2D eigenvalue weighted by Crippen LogP contribution is 1.98. The minimum Gasteiger partial charge on any atom is -0.481 e. The van der Waals surface area contributed by atoms with Crippen molar-refractivity contribution < 1.29 is 9.90 Å². The van der Waals surface area contributed by atoms with E-state index < -0.39 is 5.97 Å². The first-order valence-electron chi connectivity index (χ1n) is 4.79. The molecule has 0 aliphatic heterocycles. The van der Waals surface area contributed by atoms with E-state index in [9.17, 15) is 4.79 Å². The minimum atomic E-state index is -0.791. The number of nitrogens with zero attached hydrogens (tertiary/aromatic N) is 5. The summed E-state index contributed by atoms with van der Waals surface area (Å²) in [6, 6.07) is 0. The molecule has 7 heteroatoms. The van der Waals surface area contributed by atoms with Crippen molar-refractivity contribution in [3.05, 3.63) is 5.82 Å². The van der Waals surface area contributed by atoms with Crippen molar-refractivity contribution in [3.8, 4) is 0 Å². The summed E-state index contributed by atoms with van der Waals surface area (Å²) in [6.45, 7) is 3.78. The predicted molar refractivity (Wildman–Crippen MR) is 52.0 cm³/mol. The first kappa shape index (κ1) is 11.6. The van der Waals surface area contributed by atoms with Gasteiger partial charge in [0.25, 0.3) is 0 Å². The van der Waals surface area contributed by atoms with Crippen molar-refractivity contribution in [2.75, 3.05) is 13.1 Å². The Balaban J connectivity index is 2.42. The van der Waals surface area contributed by atoms with E-state index in [0.29, 0.717) is 18.9 Å². The molecule has 0 amide bonds. The summed E-state index contributed by atoms with van der Waals surface area (Å²) in [7, 11) is 1.70. The van der Waals surface area contributed by atoms with Gasteiger partial charge in [0.15, 0.2) is 5.82 Å². The Bertz CT molecular complexity index is 325. The molecule has 1 rings (SSSR count). The van der Waals surface area contributed by atoms with E-state index in [1.807, 2.05) is 11.8 Å². The monoisotopic (exact) mass is 213 g/mol. The van der Waals surface area contributed by atoms with Crippen LogP contribution in [0.4, 0.5) is 0 Å². The SMILES string of the molecule is CCN(CCC(=O)O)Cc1nnn(C)n1. The Morgan fingerprint density at radius 2 is 2.33 bits per heavy atom. The predicted octanol–water partition coefficient (Wildman–Crippen LogP) is -0.493. The lowest BCUT2D eigenvalue weighted by Gasteiger charge is -2.16. The molecule has 0 spiro atoms. The first-order chi connectivity index (χ1) is 7.11. The lowest BCUT2D eigenvalue weighted by Crippen LogP contribution is -2.26. The van der Waals surface area contributed by atoms with E-state index in [-0.39, 0.29) is 6.42 Å². The van der Waals surface area contributed by atoms with Crippen LogP contribution >= 0.6 is 0 Å². The van der Waals surface area contributed by atoms with Crippen LogP contribution in [-0.2, 0) is 18.4 Å². The zero-order valence-electron chi connectivity index (χ0n) is 8.92. The van der Waals surface area contributed by atoms with Gasteiger partial charge in [0.2, 0.25) is 0 Å². The molecule has 7 nitrogen and oxygen atoms in total. The Morgan fingerprint density at radius 3 is 2.80 bits per heavy atom. The second-order valence-corrected chi connectivity index (χ2v) is 3.21. The largest absolute Gasteiger partial charge is 0.481 e. The van der Waals surface area contributed by atoms with Gasteiger partial charge >= 0.3 is 5.97 Å². The van der Waals surface area contributed by atoms with Gasteiger partial charge in [-0.3, -0.25) is 9.69 Å². The highest BCUT2D eigenvalue weighted by Gasteiger charge is 2.09. The summed E-state index contributed by atoms with van der Waals surface area (Å²) in [5.41, 5.74) is 0. The second kappa shape index (κ2) is 5.40. The summed E-state index contributed by atoms with van der Waals surface area (Å²) in [5, 5.41) is 20.1. The molecule has 0 saturated heterocycles. The van der Waals surface area contributed by atoms with Crippen molar-refractivity contribution in [2.45, 2.75) is 19.9 Å². The average Bonchev–Trinajstić information content (AvgIpc) is 2.58. The molecule has 0 radical (unpaired) electrons. The average molecular weight is 213 g/mol. The summed E-state index contributed by atoms with van der Waals surface area (Å²) >= 11 is 0. The molecule has 0 aliphatic carbocycles. The normalized spacial score (nSPS) is 10.9. The standard InChI is InChI=1S/C8H15N5O2/c1-3-13(5-4-8(14)15)6-7-9-11-12(2)10-7/h3-6H2,1-2H3,(H,14,15). The van der Waals surface area contributed by atoms with Crippen LogP contribution in [0.5, 0.6) is 0 Å². The van der Waals surface area contributed by atoms with Crippen molar-refractivity contribution >= 4 is 5.97 Å². The number of carboxylic acid groups (broad SMARTS) is 1. The Labute approximate surface area is 87.7 Å². The number of hydrogen-bond donors (Lipinski definition) is 1. The Hall–Kier alpha value is -1.50. The third-order valence-corrected chi connectivity index (χ3v) is 2.00. The smallest absolute Gasteiger partial charge is 0.304 e. The molecule has 0 unspecified atom stereocenters. The maximum absolute atomic E-state index is 10.4. The topological polar surface area (TPSA) is 84.1 Å². The summed E-state index contributed by atoms with van der Waals surface area (Å²) in [5.74, 6) is -0.176. The molecule has 1 aromatic rings. The van der Waals surface area contributed by atoms with E-state index in [4.69, 9.17) is 5.11 Å². The van der Waals surface area contributed by atoms with Gasteiger partial charge in [0.1, 0.15) is 0 Å². The zero-order chi connectivity index (χ0) is 11.3. The Morgan fingerprint density at radius 1 is 1.60 bits per heavy atom. The number of tetrazole rings is 1. The molecular weight excluding hydrogens is 198 g/mol. The van der Waals surface area contributed by atoms with Gasteiger partial charge in [-0.05, 0) is 11.8 Å². The lowest BCUT2D eigenvalue weighted by atomic mass is 10.3. The van der Waals surface area contributed by atoms with Gasteiger partial charge in [-0.2, -0.15) is 4.80 Å². The molecule has 84 valence electrons. The Kier molecular flexibility index (Phi) is 4.17. The van der Waals surface area contributed by atoms with Gasteiger partial charge in [0, 0.05) is 6.54 Å². The molecule has 0 aromatic carbocycles. The van der Waals surface area contributed by atoms with E-state index >= 15 is 0 Å². The molecule has 0 fully saturated rings. The van der Waals surface area contributed by atoms with Crippen LogP contribution in [0.15, 0.2) is 0 Å². The van der Waals surface area contributed by atoms with E-state index in [1.54, 1.807) is 7.05 Å². The molecule has 0 saturated carbocycles. The molecule has 0 atom stereocenters. The molecule has 0 aliphatic rings. The summed E-state index contributed by atoms with van der Waals surface area (Å²) < 4.78 is 0. The fraction of sp³-hybridized carbons (Fsp3) is 0.750. The number of hydrogen-bond acceptors (Lipinski definition) is 5. The van der Waals surface area contributed by atoms with Crippen LogP contribution in [0.2, 0.25) is 0 Å². The van der Waals surface area contributed by atoms with Crippen LogP contribution in [0.25, 0.3) is 0 Å². The molecule has 15 heavy (non-hydrogen) atoms. The fourth-order valence-electron chi connectivity index (χ4n) is 1.19. The van der Waals surface area contributed by atoms with Crippen LogP contribution in [-0.4, -0.2) is 49.3 Å². The third kappa shape index (κ3) is 4.03. The van der Waals surface area contributed by atoms with Crippen LogP contribution < -0.4 is 0 Å². The fourth-order valence-corrected chi connectivity index (χ4v) is 1.19. The quantitative estimate of drug-likeness (QED) is 0.686. The van der Waals surface area contributed by atoms with Gasteiger partial charge in [-0.15, -0.1) is 10.2 Å². The number of aliphatic carboxylic acids is 1. The van der Waals surface area contributed by atoms with Crippen LogP contribution in [0.1, 0.15) is 19.2 Å². The van der Waals surface area contributed by atoms with Crippen molar-refractivity contribution in [3.63, 3.8) is 0 Å². The zero-order valence-corrected chi connectivity index (χ0v) is 8.92. The first-order valence-corrected chi connectivity index (χ1v) is 4.79. The molecule has 1 heterocycles. The van der Waals surface area contributed by atoms with Gasteiger partial charge in [0.05, 0.1) is 20.0 Å². The third-order valence-electron chi connectivity index (χ3n) is 2.00. The van der Waals surface area contributed by atoms with Crippen LogP contribution in [0, 0.1) is 0 Å². The van der Waals surface area contributed by atoms with Gasteiger partial charge < -0.3 is 5.11 Å². The highest BCUT2D eigenvalue weighted by atomic mass is 16.4. The van der Waals surface area contributed by atoms with Crippen molar-refractivity contribution in [1.29, 1.82) is 0 Å². The molecule has 1 N–H and O–H groups in total. The van der Waals surface area contributed by atoms with E-state index in [2.05, 4.69) is 15.4 Å². The number of carbonyl (C=O) groups is 1. The van der Waals surface area contributed by atoms with E-state index in [0.717, 1.165) is 6.54 Å². The maximum atomic E-state index is 10.4. The highest BCUT2D eigenvalue weighted by molar-refractivity contribution is 5.66. The molecule has 1 aromatic heterocycles. The van der Waals surface area contributed by atoms with Gasteiger partial charge in [-0.25, -0.2) is 0 Å². The number of aromatic nitrogens is 4. The molecular formula is C8H15N5O2. The van der Waals surface area contributed by atoms with Crippen molar-refractivity contribution in [2.24, 2.45) is 7.05 Å². The van der Waals surface area contributed by atoms with Gasteiger partial charge in [-0.1, -0.05) is 6.92 Å². The summed E-state index contributed by atoms with van der Waals surface area (Å²) in [4.78, 5) is 13.8. The van der Waals surface area contributed by atoms with E-state index in [1.165, 1.54) is 4.80 Å². The number of aryl methyl sites for hydroxylation is 1. The summed E-state index contributed by atoms with van der Waals surface area (Å²) in [6.07, 6.45) is 0.133.